The van der Waals surface area contributed by atoms with Crippen molar-refractivity contribution in [1.82, 2.24) is 14.5 Å². The van der Waals surface area contributed by atoms with Crippen molar-refractivity contribution in [2.45, 2.75) is 44.8 Å². The van der Waals surface area contributed by atoms with E-state index in [0.717, 1.165) is 31.1 Å². The number of hydrogen-bond acceptors (Lipinski definition) is 7. The van der Waals surface area contributed by atoms with Gasteiger partial charge in [-0.25, -0.2) is 9.37 Å². The Bertz CT molecular complexity index is 1180. The Morgan fingerprint density at radius 1 is 1.31 bits per heavy atom. The molecule has 1 saturated heterocycles. The van der Waals surface area contributed by atoms with Gasteiger partial charge < -0.3 is 10.2 Å². The second-order valence-corrected chi connectivity index (χ2v) is 10.2. The molecular formula is C22H26FN5O2S2. The van der Waals surface area contributed by atoms with Crippen LogP contribution in [0.5, 0.6) is 0 Å². The molecule has 0 saturated carbocycles. The zero-order valence-electron chi connectivity index (χ0n) is 18.3. The minimum atomic E-state index is -0.418. The normalized spacial score (nSPS) is 15.0. The number of thioether (sulfide) groups is 1. The van der Waals surface area contributed by atoms with Crippen LogP contribution in [-0.2, 0) is 4.79 Å². The molecule has 1 fully saturated rings. The van der Waals surface area contributed by atoms with E-state index in [4.69, 9.17) is 0 Å². The summed E-state index contributed by atoms with van der Waals surface area (Å²) in [5.74, 6) is 0.0335. The molecular weight excluding hydrogens is 449 g/mol. The summed E-state index contributed by atoms with van der Waals surface area (Å²) >= 11 is 2.57. The Hall–Kier alpha value is -2.46. The lowest BCUT2D eigenvalue weighted by Crippen LogP contribution is -2.32. The first-order valence-corrected chi connectivity index (χ1v) is 12.5. The molecule has 4 rings (SSSR count). The van der Waals surface area contributed by atoms with Gasteiger partial charge in [-0.05, 0) is 50.8 Å². The maximum absolute atomic E-state index is 13.3. The van der Waals surface area contributed by atoms with Gasteiger partial charge in [-0.1, -0.05) is 36.1 Å². The molecule has 1 aliphatic rings. The second kappa shape index (κ2) is 9.58. The van der Waals surface area contributed by atoms with Crippen molar-refractivity contribution in [2.24, 2.45) is 5.92 Å². The van der Waals surface area contributed by atoms with E-state index in [1.54, 1.807) is 10.6 Å². The monoisotopic (exact) mass is 475 g/mol. The maximum Gasteiger partial charge on any atom is 0.274 e. The number of nitrogens with one attached hydrogen (secondary N) is 1. The van der Waals surface area contributed by atoms with Crippen LogP contribution in [0.4, 0.5) is 15.2 Å². The summed E-state index contributed by atoms with van der Waals surface area (Å²) in [4.78, 5) is 37.1. The van der Waals surface area contributed by atoms with Gasteiger partial charge in [-0.2, -0.15) is 4.98 Å². The number of benzene rings is 1. The molecule has 1 aromatic carbocycles. The predicted molar refractivity (Wildman–Crippen MR) is 128 cm³/mol. The highest BCUT2D eigenvalue weighted by molar-refractivity contribution is 7.99. The lowest BCUT2D eigenvalue weighted by atomic mass is 10.00. The first kappa shape index (κ1) is 22.7. The third kappa shape index (κ3) is 4.96. The van der Waals surface area contributed by atoms with Crippen molar-refractivity contribution < 1.29 is 9.18 Å². The van der Waals surface area contributed by atoms with Gasteiger partial charge in [0.1, 0.15) is 10.5 Å². The third-order valence-corrected chi connectivity index (χ3v) is 7.48. The Labute approximate surface area is 194 Å². The lowest BCUT2D eigenvalue weighted by molar-refractivity contribution is -0.113. The average molecular weight is 476 g/mol. The number of aromatic nitrogens is 3. The first-order valence-electron chi connectivity index (χ1n) is 10.7. The number of carbonyl (C=O) groups excluding carboxylic acids is 1. The van der Waals surface area contributed by atoms with Gasteiger partial charge in [0.05, 0.1) is 5.75 Å². The van der Waals surface area contributed by atoms with Gasteiger partial charge in [0.2, 0.25) is 5.91 Å². The molecule has 0 aliphatic carbocycles. The van der Waals surface area contributed by atoms with Crippen molar-refractivity contribution in [1.29, 1.82) is 0 Å². The largest absolute Gasteiger partial charge is 0.348 e. The molecule has 2 aromatic heterocycles. The average Bonchev–Trinajstić information content (AvgIpc) is 3.17. The molecule has 3 aromatic rings. The van der Waals surface area contributed by atoms with Gasteiger partial charge in [-0.3, -0.25) is 14.2 Å². The first-order chi connectivity index (χ1) is 15.3. The summed E-state index contributed by atoms with van der Waals surface area (Å²) in [6.45, 7) is 7.95. The highest BCUT2D eigenvalue weighted by Gasteiger charge is 2.23. The summed E-state index contributed by atoms with van der Waals surface area (Å²) in [6, 6.07) is 5.62. The summed E-state index contributed by atoms with van der Waals surface area (Å²) in [7, 11) is 0. The van der Waals surface area contributed by atoms with Crippen LogP contribution in [0.1, 0.15) is 39.7 Å². The van der Waals surface area contributed by atoms with E-state index in [1.165, 1.54) is 41.3 Å². The smallest absolute Gasteiger partial charge is 0.274 e. The Kier molecular flexibility index (Phi) is 6.80. The number of piperidine rings is 1. The molecule has 0 atom stereocenters. The van der Waals surface area contributed by atoms with Crippen LogP contribution in [0.2, 0.25) is 0 Å². The molecule has 170 valence electrons. The number of anilines is 2. The molecule has 10 heteroatoms. The Morgan fingerprint density at radius 3 is 2.75 bits per heavy atom. The maximum atomic E-state index is 13.3. The van der Waals surface area contributed by atoms with Crippen molar-refractivity contribution in [3.63, 3.8) is 0 Å². The quantitative estimate of drug-likeness (QED) is 0.417. The molecule has 1 amide bonds. The number of nitrogens with zero attached hydrogens (tertiary/aromatic N) is 4. The predicted octanol–water partition coefficient (Wildman–Crippen LogP) is 4.54. The van der Waals surface area contributed by atoms with Gasteiger partial charge in [-0.15, -0.1) is 0 Å². The highest BCUT2D eigenvalue weighted by atomic mass is 32.2. The number of fused-ring (bicyclic) bond motifs is 1. The van der Waals surface area contributed by atoms with Crippen LogP contribution in [0.15, 0.2) is 34.2 Å². The summed E-state index contributed by atoms with van der Waals surface area (Å²) in [5.41, 5.74) is 0.686. The zero-order valence-corrected chi connectivity index (χ0v) is 19.9. The van der Waals surface area contributed by atoms with E-state index in [2.05, 4.69) is 27.1 Å². The fourth-order valence-electron chi connectivity index (χ4n) is 3.64. The van der Waals surface area contributed by atoms with Crippen LogP contribution in [0, 0.1) is 11.7 Å². The number of halogens is 1. The van der Waals surface area contributed by atoms with E-state index in [9.17, 15) is 14.0 Å². The van der Waals surface area contributed by atoms with Crippen molar-refractivity contribution in [3.05, 3.63) is 40.4 Å². The van der Waals surface area contributed by atoms with E-state index in [0.29, 0.717) is 27.1 Å². The number of hydrogen-bond donors (Lipinski definition) is 1. The Morgan fingerprint density at radius 2 is 2.06 bits per heavy atom. The fourth-order valence-corrected chi connectivity index (χ4v) is 5.55. The zero-order chi connectivity index (χ0) is 22.8. The molecule has 1 aliphatic heterocycles. The third-order valence-electron chi connectivity index (χ3n) is 5.43. The highest BCUT2D eigenvalue weighted by Crippen LogP contribution is 2.31. The number of rotatable bonds is 6. The van der Waals surface area contributed by atoms with Crippen molar-refractivity contribution in [2.75, 3.05) is 29.1 Å². The topological polar surface area (TPSA) is 80.1 Å². The van der Waals surface area contributed by atoms with Crippen LogP contribution < -0.4 is 15.8 Å². The number of thiazole rings is 1. The summed E-state index contributed by atoms with van der Waals surface area (Å²) < 4.78 is 15.5. The van der Waals surface area contributed by atoms with Gasteiger partial charge in [0.25, 0.3) is 5.56 Å². The Balaban J connectivity index is 1.56. The standard InChI is InChI=1S/C22H26FN5O2S2/c1-13(2)28-20(30)18-19(25-21(32-18)27-9-7-14(3)8-10-27)26-22(28)31-12-17(29)24-16-6-4-5-15(23)11-16/h4-6,11,13-14H,7-10,12H2,1-3H3,(H,24,29). The molecule has 7 nitrogen and oxygen atoms in total. The molecule has 0 radical (unpaired) electrons. The minimum absolute atomic E-state index is 0.0438. The van der Waals surface area contributed by atoms with E-state index < -0.39 is 5.82 Å². The van der Waals surface area contributed by atoms with Crippen LogP contribution in [0.25, 0.3) is 10.3 Å². The lowest BCUT2D eigenvalue weighted by Gasteiger charge is -2.29. The van der Waals surface area contributed by atoms with Gasteiger partial charge >= 0.3 is 0 Å². The second-order valence-electron chi connectivity index (χ2n) is 8.33. The molecule has 0 unspecified atom stereocenters. The van der Waals surface area contributed by atoms with E-state index in [1.807, 2.05) is 13.8 Å². The van der Waals surface area contributed by atoms with Crippen LogP contribution in [0.3, 0.4) is 0 Å². The SMILES string of the molecule is CC1CCN(c2nc3nc(SCC(=O)Nc4cccc(F)c4)n(C(C)C)c(=O)c3s2)CC1. The van der Waals surface area contributed by atoms with Gasteiger partial charge in [0.15, 0.2) is 15.9 Å². The molecule has 1 N–H and O–H groups in total. The van der Waals surface area contributed by atoms with Crippen molar-refractivity contribution >= 4 is 50.2 Å². The molecule has 0 bridgehead atoms. The summed E-state index contributed by atoms with van der Waals surface area (Å²) in [6.07, 6.45) is 2.22. The number of amides is 1. The number of carbonyl (C=O) groups is 1. The summed E-state index contributed by atoms with van der Waals surface area (Å²) in [5, 5.41) is 3.95. The molecule has 3 heterocycles. The van der Waals surface area contributed by atoms with Crippen LogP contribution in [-0.4, -0.2) is 39.3 Å². The van der Waals surface area contributed by atoms with E-state index >= 15 is 0 Å². The minimum Gasteiger partial charge on any atom is -0.348 e. The van der Waals surface area contributed by atoms with Crippen molar-refractivity contribution in [3.8, 4) is 0 Å². The molecule has 0 spiro atoms. The molecule has 32 heavy (non-hydrogen) atoms. The van der Waals surface area contributed by atoms with Crippen LogP contribution >= 0.6 is 23.1 Å². The fraction of sp³-hybridized carbons (Fsp3) is 0.455. The van der Waals surface area contributed by atoms with E-state index in [-0.39, 0.29) is 23.3 Å². The van der Waals surface area contributed by atoms with Gasteiger partial charge in [0, 0.05) is 24.8 Å².